The monoisotopic (exact) mass is 295 g/mol. The minimum atomic E-state index is -0.471. The molecule has 0 atom stereocenters. The van der Waals surface area contributed by atoms with Crippen LogP contribution < -0.4 is 15.0 Å². The van der Waals surface area contributed by atoms with E-state index in [9.17, 15) is 10.1 Å². The van der Waals surface area contributed by atoms with Gasteiger partial charge in [0.15, 0.2) is 0 Å². The Labute approximate surface area is 123 Å². The first kappa shape index (κ1) is 15.4. The van der Waals surface area contributed by atoms with Gasteiger partial charge in [-0.3, -0.25) is 10.1 Å². The van der Waals surface area contributed by atoms with E-state index >= 15 is 0 Å². The van der Waals surface area contributed by atoms with Crippen LogP contribution in [0.15, 0.2) is 6.33 Å². The van der Waals surface area contributed by atoms with Gasteiger partial charge in [-0.05, 0) is 38.8 Å². The molecular weight excluding hydrogens is 274 g/mol. The predicted molar refractivity (Wildman–Crippen MR) is 78.7 cm³/mol. The second-order valence-corrected chi connectivity index (χ2v) is 5.13. The molecule has 8 nitrogen and oxygen atoms in total. The maximum absolute atomic E-state index is 11.3. The molecule has 0 unspecified atom stereocenters. The van der Waals surface area contributed by atoms with Crippen LogP contribution >= 0.6 is 0 Å². The van der Waals surface area contributed by atoms with Crippen molar-refractivity contribution in [3.63, 3.8) is 0 Å². The molecule has 21 heavy (non-hydrogen) atoms. The third kappa shape index (κ3) is 3.57. The smallest absolute Gasteiger partial charge is 0.372 e. The van der Waals surface area contributed by atoms with Gasteiger partial charge in [-0.1, -0.05) is 0 Å². The highest BCUT2D eigenvalue weighted by atomic mass is 16.6. The van der Waals surface area contributed by atoms with Crippen LogP contribution in [0.2, 0.25) is 0 Å². The summed E-state index contributed by atoms with van der Waals surface area (Å²) in [5.41, 5.74) is -0.145. The van der Waals surface area contributed by atoms with Crippen molar-refractivity contribution in [2.75, 3.05) is 38.7 Å². The average Bonchev–Trinajstić information content (AvgIpc) is 2.52. The summed E-state index contributed by atoms with van der Waals surface area (Å²) in [6.45, 7) is 2.55. The summed E-state index contributed by atoms with van der Waals surface area (Å²) in [4.78, 5) is 20.7. The number of nitro groups is 1. The first-order valence-corrected chi connectivity index (χ1v) is 7.10. The van der Waals surface area contributed by atoms with Crippen molar-refractivity contribution in [3.05, 3.63) is 16.4 Å². The molecule has 1 saturated heterocycles. The first-order chi connectivity index (χ1) is 10.2. The van der Waals surface area contributed by atoms with Gasteiger partial charge in [0.25, 0.3) is 5.88 Å². The van der Waals surface area contributed by atoms with Crippen molar-refractivity contribution in [1.82, 2.24) is 15.3 Å². The molecule has 2 heterocycles. The maximum atomic E-state index is 11.3. The number of piperidine rings is 1. The molecule has 1 aliphatic heterocycles. The largest absolute Gasteiger partial charge is 0.476 e. The molecule has 1 N–H and O–H groups in total. The molecule has 1 fully saturated rings. The van der Waals surface area contributed by atoms with E-state index in [4.69, 9.17) is 4.74 Å². The number of methoxy groups -OCH3 is 1. The third-order valence-electron chi connectivity index (χ3n) is 3.86. The number of rotatable bonds is 6. The van der Waals surface area contributed by atoms with Crippen molar-refractivity contribution in [2.24, 2.45) is 5.92 Å². The lowest BCUT2D eigenvalue weighted by atomic mass is 9.93. The van der Waals surface area contributed by atoms with E-state index in [1.807, 2.05) is 11.9 Å². The summed E-state index contributed by atoms with van der Waals surface area (Å²) in [7, 11) is 3.33. The number of hydrogen-bond acceptors (Lipinski definition) is 7. The van der Waals surface area contributed by atoms with Crippen molar-refractivity contribution in [1.29, 1.82) is 0 Å². The fraction of sp³-hybridized carbons (Fsp3) is 0.692. The molecule has 0 amide bonds. The van der Waals surface area contributed by atoms with Gasteiger partial charge in [-0.25, -0.2) is 4.98 Å². The van der Waals surface area contributed by atoms with E-state index in [1.54, 1.807) is 0 Å². The number of ether oxygens (including phenoxy) is 1. The molecule has 2 rings (SSSR count). The number of hydrogen-bond donors (Lipinski definition) is 1. The second kappa shape index (κ2) is 7.16. The highest BCUT2D eigenvalue weighted by molar-refractivity contribution is 5.62. The van der Waals surface area contributed by atoms with E-state index in [1.165, 1.54) is 13.4 Å². The topological polar surface area (TPSA) is 93.4 Å². The zero-order chi connectivity index (χ0) is 15.2. The van der Waals surface area contributed by atoms with Crippen LogP contribution in [0, 0.1) is 16.0 Å². The Balaban J connectivity index is 2.11. The molecule has 0 spiro atoms. The van der Waals surface area contributed by atoms with E-state index < -0.39 is 4.92 Å². The van der Waals surface area contributed by atoms with Crippen LogP contribution in [0.25, 0.3) is 0 Å². The fourth-order valence-electron chi connectivity index (χ4n) is 2.68. The normalized spacial score (nSPS) is 16.0. The standard InChI is InChI=1S/C13H21N5O3/c1-14-6-3-10-4-7-17(8-5-10)12-11(18(19)20)13(21-2)16-9-15-12/h9-10,14H,3-8H2,1-2H3. The fourth-order valence-corrected chi connectivity index (χ4v) is 2.68. The van der Waals surface area contributed by atoms with Crippen molar-refractivity contribution in [2.45, 2.75) is 19.3 Å². The van der Waals surface area contributed by atoms with Crippen molar-refractivity contribution < 1.29 is 9.66 Å². The predicted octanol–water partition coefficient (Wildman–Crippen LogP) is 1.22. The van der Waals surface area contributed by atoms with E-state index in [2.05, 4.69) is 15.3 Å². The van der Waals surface area contributed by atoms with E-state index in [0.717, 1.165) is 38.9 Å². The molecule has 8 heteroatoms. The van der Waals surface area contributed by atoms with Gasteiger partial charge in [-0.2, -0.15) is 4.98 Å². The molecule has 116 valence electrons. The van der Waals surface area contributed by atoms with Crippen LogP contribution in [0.5, 0.6) is 5.88 Å². The lowest BCUT2D eigenvalue weighted by Gasteiger charge is -2.32. The van der Waals surface area contributed by atoms with Crippen LogP contribution in [0.1, 0.15) is 19.3 Å². The number of aromatic nitrogens is 2. The number of nitrogens with one attached hydrogen (secondary N) is 1. The summed E-state index contributed by atoms with van der Waals surface area (Å²) >= 11 is 0. The van der Waals surface area contributed by atoms with Crippen molar-refractivity contribution in [3.8, 4) is 5.88 Å². The highest BCUT2D eigenvalue weighted by Gasteiger charge is 2.30. The Morgan fingerprint density at radius 2 is 2.19 bits per heavy atom. The summed E-state index contributed by atoms with van der Waals surface area (Å²) in [5, 5.41) is 14.4. The molecule has 0 radical (unpaired) electrons. The zero-order valence-electron chi connectivity index (χ0n) is 12.4. The quantitative estimate of drug-likeness (QED) is 0.623. The van der Waals surface area contributed by atoms with E-state index in [0.29, 0.717) is 11.7 Å². The Morgan fingerprint density at radius 3 is 2.76 bits per heavy atom. The van der Waals surface area contributed by atoms with Gasteiger partial charge in [-0.15, -0.1) is 0 Å². The van der Waals surface area contributed by atoms with E-state index in [-0.39, 0.29) is 11.6 Å². The average molecular weight is 295 g/mol. The number of nitrogens with zero attached hydrogens (tertiary/aromatic N) is 4. The second-order valence-electron chi connectivity index (χ2n) is 5.13. The van der Waals surface area contributed by atoms with Crippen LogP contribution in [0.3, 0.4) is 0 Å². The van der Waals surface area contributed by atoms with Crippen molar-refractivity contribution >= 4 is 11.5 Å². The SMILES string of the molecule is CNCCC1CCN(c2ncnc(OC)c2[N+](=O)[O-])CC1. The Kier molecular flexibility index (Phi) is 5.26. The Hall–Kier alpha value is -1.96. The highest BCUT2D eigenvalue weighted by Crippen LogP contribution is 2.35. The van der Waals surface area contributed by atoms with Gasteiger partial charge < -0.3 is 15.0 Å². The molecule has 1 aliphatic rings. The molecule has 0 aromatic carbocycles. The molecule has 0 bridgehead atoms. The minimum Gasteiger partial charge on any atom is -0.476 e. The van der Waals surface area contributed by atoms with Crippen LogP contribution in [0.4, 0.5) is 11.5 Å². The molecule has 0 saturated carbocycles. The molecule has 0 aliphatic carbocycles. The van der Waals surface area contributed by atoms with Gasteiger partial charge in [0.1, 0.15) is 6.33 Å². The minimum absolute atomic E-state index is 0.0160. The molecule has 1 aromatic rings. The lowest BCUT2D eigenvalue weighted by molar-refractivity contribution is -0.385. The van der Waals surface area contributed by atoms with Gasteiger partial charge in [0.05, 0.1) is 12.0 Å². The Morgan fingerprint density at radius 1 is 1.48 bits per heavy atom. The lowest BCUT2D eigenvalue weighted by Crippen LogP contribution is -2.35. The van der Waals surface area contributed by atoms with Gasteiger partial charge in [0, 0.05) is 13.1 Å². The first-order valence-electron chi connectivity index (χ1n) is 7.10. The third-order valence-corrected chi connectivity index (χ3v) is 3.86. The molecule has 1 aromatic heterocycles. The number of anilines is 1. The summed E-state index contributed by atoms with van der Waals surface area (Å²) in [6, 6.07) is 0. The van der Waals surface area contributed by atoms with Gasteiger partial charge in [0.2, 0.25) is 5.82 Å². The zero-order valence-corrected chi connectivity index (χ0v) is 12.4. The maximum Gasteiger partial charge on any atom is 0.372 e. The summed E-state index contributed by atoms with van der Waals surface area (Å²) in [6.07, 6.45) is 4.49. The van der Waals surface area contributed by atoms with Gasteiger partial charge >= 0.3 is 5.69 Å². The van der Waals surface area contributed by atoms with Crippen LogP contribution in [-0.2, 0) is 0 Å². The Bertz CT molecular complexity index is 489. The molecular formula is C13H21N5O3. The van der Waals surface area contributed by atoms with Crippen LogP contribution in [-0.4, -0.2) is 48.7 Å². The summed E-state index contributed by atoms with van der Waals surface area (Å²) in [5.74, 6) is 1.04. The summed E-state index contributed by atoms with van der Waals surface area (Å²) < 4.78 is 4.98.